The molecule has 0 radical (unpaired) electrons. The van der Waals surface area contributed by atoms with Gasteiger partial charge in [0.2, 0.25) is 5.89 Å². The van der Waals surface area contributed by atoms with Gasteiger partial charge >= 0.3 is 23.9 Å². The van der Waals surface area contributed by atoms with Gasteiger partial charge in [-0.05, 0) is 13.8 Å². The third-order valence-electron chi connectivity index (χ3n) is 5.32. The van der Waals surface area contributed by atoms with E-state index in [1.54, 1.807) is 32.0 Å². The van der Waals surface area contributed by atoms with Crippen LogP contribution < -0.4 is 0 Å². The predicted molar refractivity (Wildman–Crippen MR) is 128 cm³/mol. The molecular formula is C26H25NO11. The highest BCUT2D eigenvalue weighted by atomic mass is 16.5. The van der Waals surface area contributed by atoms with Crippen LogP contribution in [0.3, 0.4) is 0 Å². The number of hydrogen-bond acceptors (Lipinski definition) is 12. The molecule has 1 heterocycles. The Kier molecular flexibility index (Phi) is 9.97. The van der Waals surface area contributed by atoms with Crippen molar-refractivity contribution in [2.45, 2.75) is 13.8 Å². The summed E-state index contributed by atoms with van der Waals surface area (Å²) in [7, 11) is 3.76. The number of aromatic nitrogens is 1. The molecule has 0 bridgehead atoms. The molecule has 1 aromatic heterocycles. The first-order chi connectivity index (χ1) is 18.0. The third kappa shape index (κ3) is 6.27. The average molecular weight is 527 g/mol. The standard InChI is InChI=1S/C26H25NO11/c1-13-14(2)38-23(27-13)20(21(29)15-10-8-7-9-11-15)19(25(32)36-5)18(24(31)35-4)16(12-17(28)34-3)22(30)26(33)37-6/h7-12,18H,1-6H3/b16-12?,20-19+. The van der Waals surface area contributed by atoms with Gasteiger partial charge in [0.15, 0.2) is 5.78 Å². The molecule has 200 valence electrons. The Labute approximate surface area is 217 Å². The summed E-state index contributed by atoms with van der Waals surface area (Å²) in [5, 5.41) is 0. The Morgan fingerprint density at radius 1 is 0.842 bits per heavy atom. The largest absolute Gasteiger partial charge is 0.468 e. The maximum atomic E-state index is 13.8. The smallest absolute Gasteiger partial charge is 0.379 e. The van der Waals surface area contributed by atoms with Crippen molar-refractivity contribution in [2.24, 2.45) is 5.92 Å². The molecule has 0 spiro atoms. The minimum absolute atomic E-state index is 0.0545. The fourth-order valence-electron chi connectivity index (χ4n) is 3.32. The fraction of sp³-hybridized carbons (Fsp3) is 0.269. The summed E-state index contributed by atoms with van der Waals surface area (Å²) in [6.07, 6.45) is 0.514. The summed E-state index contributed by atoms with van der Waals surface area (Å²) in [6, 6.07) is 7.60. The lowest BCUT2D eigenvalue weighted by atomic mass is 9.83. The van der Waals surface area contributed by atoms with E-state index < -0.39 is 58.1 Å². The van der Waals surface area contributed by atoms with Crippen LogP contribution in [-0.4, -0.2) is 68.9 Å². The van der Waals surface area contributed by atoms with Crippen LogP contribution in [0.5, 0.6) is 0 Å². The molecule has 2 rings (SSSR count). The number of rotatable bonds is 10. The van der Waals surface area contributed by atoms with Crippen molar-refractivity contribution in [2.75, 3.05) is 28.4 Å². The van der Waals surface area contributed by atoms with Gasteiger partial charge < -0.3 is 23.4 Å². The molecule has 0 saturated carbocycles. The van der Waals surface area contributed by atoms with Gasteiger partial charge in [0.25, 0.3) is 5.78 Å². The van der Waals surface area contributed by atoms with Crippen LogP contribution in [0.1, 0.15) is 27.7 Å². The van der Waals surface area contributed by atoms with Crippen molar-refractivity contribution in [3.63, 3.8) is 0 Å². The van der Waals surface area contributed by atoms with E-state index in [1.807, 2.05) is 0 Å². The molecule has 38 heavy (non-hydrogen) atoms. The van der Waals surface area contributed by atoms with Crippen LogP contribution in [-0.2, 0) is 42.9 Å². The summed E-state index contributed by atoms with van der Waals surface area (Å²) < 4.78 is 24.3. The fourth-order valence-corrected chi connectivity index (χ4v) is 3.32. The monoisotopic (exact) mass is 527 g/mol. The minimum atomic E-state index is -2.15. The van der Waals surface area contributed by atoms with E-state index in [1.165, 1.54) is 12.1 Å². The Balaban J connectivity index is 3.13. The summed E-state index contributed by atoms with van der Waals surface area (Å²) in [6.45, 7) is 3.13. The number of hydrogen-bond donors (Lipinski definition) is 0. The SMILES string of the molecule is COC(=O)C=C(C(=O)C(=O)OC)C(C(=O)OC)/C(C(=O)OC)=C(/C(=O)c1ccccc1)c1nc(C)c(C)o1. The number of benzene rings is 1. The first kappa shape index (κ1) is 29.4. The lowest BCUT2D eigenvalue weighted by Crippen LogP contribution is -2.34. The number of ether oxygens (including phenoxy) is 4. The molecular weight excluding hydrogens is 502 g/mol. The van der Waals surface area contributed by atoms with Crippen LogP contribution in [0.15, 0.2) is 52.0 Å². The van der Waals surface area contributed by atoms with Crippen molar-refractivity contribution in [1.82, 2.24) is 4.98 Å². The first-order valence-electron chi connectivity index (χ1n) is 10.9. The second kappa shape index (κ2) is 12.9. The van der Waals surface area contributed by atoms with Gasteiger partial charge in [-0.25, -0.2) is 19.4 Å². The molecule has 12 nitrogen and oxygen atoms in total. The van der Waals surface area contributed by atoms with Crippen LogP contribution >= 0.6 is 0 Å². The van der Waals surface area contributed by atoms with E-state index in [4.69, 9.17) is 13.9 Å². The number of methoxy groups -OCH3 is 4. The molecule has 1 atom stereocenters. The topological polar surface area (TPSA) is 165 Å². The van der Waals surface area contributed by atoms with Crippen molar-refractivity contribution in [3.8, 4) is 0 Å². The van der Waals surface area contributed by atoms with E-state index in [0.29, 0.717) is 11.8 Å². The van der Waals surface area contributed by atoms with Crippen LogP contribution in [0.2, 0.25) is 0 Å². The molecule has 0 aliphatic rings. The Bertz CT molecular complexity index is 1310. The predicted octanol–water partition coefficient (Wildman–Crippen LogP) is 1.73. The van der Waals surface area contributed by atoms with Gasteiger partial charge in [0.1, 0.15) is 11.7 Å². The Hall–Kier alpha value is -4.87. The van der Waals surface area contributed by atoms with Gasteiger partial charge in [-0.3, -0.25) is 14.4 Å². The van der Waals surface area contributed by atoms with Crippen LogP contribution in [0.25, 0.3) is 5.57 Å². The summed E-state index contributed by atoms with van der Waals surface area (Å²) in [5.41, 5.74) is -1.81. The van der Waals surface area contributed by atoms with Crippen molar-refractivity contribution in [1.29, 1.82) is 0 Å². The zero-order chi connectivity index (χ0) is 28.6. The van der Waals surface area contributed by atoms with E-state index >= 15 is 0 Å². The van der Waals surface area contributed by atoms with E-state index in [9.17, 15) is 28.8 Å². The van der Waals surface area contributed by atoms with Gasteiger partial charge in [0, 0.05) is 17.2 Å². The normalized spacial score (nSPS) is 12.5. The minimum Gasteiger partial charge on any atom is -0.468 e. The highest BCUT2D eigenvalue weighted by molar-refractivity contribution is 6.42. The number of allylic oxidation sites excluding steroid dienone is 1. The molecule has 0 saturated heterocycles. The quantitative estimate of drug-likeness (QED) is 0.145. The van der Waals surface area contributed by atoms with Crippen molar-refractivity contribution in [3.05, 3.63) is 70.5 Å². The number of carbonyl (C=O) groups is 6. The lowest BCUT2D eigenvalue weighted by Gasteiger charge is -2.21. The highest BCUT2D eigenvalue weighted by Gasteiger charge is 2.43. The van der Waals surface area contributed by atoms with Gasteiger partial charge in [-0.2, -0.15) is 0 Å². The zero-order valence-electron chi connectivity index (χ0n) is 21.5. The number of oxazole rings is 1. The van der Waals surface area contributed by atoms with Crippen molar-refractivity contribution >= 4 is 41.0 Å². The van der Waals surface area contributed by atoms with Crippen molar-refractivity contribution < 1.29 is 52.1 Å². The summed E-state index contributed by atoms with van der Waals surface area (Å²) >= 11 is 0. The lowest BCUT2D eigenvalue weighted by molar-refractivity contribution is -0.151. The van der Waals surface area contributed by atoms with E-state index in [0.717, 1.165) is 28.4 Å². The zero-order valence-corrected chi connectivity index (χ0v) is 21.5. The molecule has 2 aromatic rings. The number of ketones is 2. The Morgan fingerprint density at radius 2 is 1.45 bits per heavy atom. The van der Waals surface area contributed by atoms with Gasteiger partial charge in [0.05, 0.1) is 45.3 Å². The summed E-state index contributed by atoms with van der Waals surface area (Å²) in [4.78, 5) is 81.8. The second-order valence-electron chi connectivity index (χ2n) is 7.54. The number of carbonyl (C=O) groups excluding carboxylic acids is 6. The Morgan fingerprint density at radius 3 is 1.92 bits per heavy atom. The van der Waals surface area contributed by atoms with E-state index in [2.05, 4.69) is 14.5 Å². The first-order valence-corrected chi connectivity index (χ1v) is 10.9. The summed E-state index contributed by atoms with van der Waals surface area (Å²) in [5.74, 6) is -9.78. The van der Waals surface area contributed by atoms with Gasteiger partial charge in [-0.15, -0.1) is 0 Å². The second-order valence-corrected chi connectivity index (χ2v) is 7.54. The highest BCUT2D eigenvalue weighted by Crippen LogP contribution is 2.34. The number of aryl methyl sites for hydroxylation is 2. The van der Waals surface area contributed by atoms with Gasteiger partial charge in [-0.1, -0.05) is 30.3 Å². The number of nitrogens with zero attached hydrogens (tertiary/aromatic N) is 1. The molecule has 1 aromatic carbocycles. The molecule has 1 unspecified atom stereocenters. The molecule has 0 aliphatic carbocycles. The average Bonchev–Trinajstić information content (AvgIpc) is 3.27. The molecule has 0 amide bonds. The van der Waals surface area contributed by atoms with E-state index in [-0.39, 0.29) is 17.2 Å². The molecule has 0 fully saturated rings. The van der Waals surface area contributed by atoms with Crippen LogP contribution in [0, 0.1) is 19.8 Å². The van der Waals surface area contributed by atoms with Crippen LogP contribution in [0.4, 0.5) is 0 Å². The molecule has 0 aliphatic heterocycles. The maximum absolute atomic E-state index is 13.8. The molecule has 0 N–H and O–H groups in total. The molecule has 12 heteroatoms. The third-order valence-corrected chi connectivity index (χ3v) is 5.32. The maximum Gasteiger partial charge on any atom is 0.379 e. The number of esters is 4. The number of Topliss-reactive ketones (excluding diaryl/α,β-unsaturated/α-hetero) is 2.